The van der Waals surface area contributed by atoms with Gasteiger partial charge in [-0.15, -0.1) is 0 Å². The molecule has 1 N–H and O–H groups in total. The number of aromatic nitrogens is 3. The van der Waals surface area contributed by atoms with Gasteiger partial charge in [-0.2, -0.15) is 5.10 Å². The molecule has 0 bridgehead atoms. The van der Waals surface area contributed by atoms with E-state index >= 15 is 0 Å². The first-order valence-corrected chi connectivity index (χ1v) is 5.94. The van der Waals surface area contributed by atoms with Crippen molar-refractivity contribution < 1.29 is 0 Å². The summed E-state index contributed by atoms with van der Waals surface area (Å²) in [5, 5.41) is 7.18. The van der Waals surface area contributed by atoms with Crippen molar-refractivity contribution in [3.63, 3.8) is 0 Å². The Kier molecular flexibility index (Phi) is 3.71. The van der Waals surface area contributed by atoms with Crippen LogP contribution in [0.5, 0.6) is 0 Å². The van der Waals surface area contributed by atoms with Crippen molar-refractivity contribution in [1.82, 2.24) is 14.8 Å². The van der Waals surface area contributed by atoms with Crippen molar-refractivity contribution in [1.29, 1.82) is 0 Å². The van der Waals surface area contributed by atoms with Gasteiger partial charge in [0.2, 0.25) is 0 Å². The monoisotopic (exact) mass is 227 g/mol. The van der Waals surface area contributed by atoms with Crippen LogP contribution in [0.4, 0.5) is 0 Å². The molecule has 1 aromatic heterocycles. The third-order valence-corrected chi connectivity index (χ3v) is 3.18. The summed E-state index contributed by atoms with van der Waals surface area (Å²) in [6.07, 6.45) is 2.07. The van der Waals surface area contributed by atoms with E-state index in [0.717, 1.165) is 23.4 Å². The minimum Gasteiger partial charge on any atom is -0.301 e. The van der Waals surface area contributed by atoms with Gasteiger partial charge in [-0.3, -0.25) is 5.10 Å². The Morgan fingerprint density at radius 2 is 2.07 bits per heavy atom. The third kappa shape index (κ3) is 2.68. The van der Waals surface area contributed by atoms with Crippen molar-refractivity contribution in [3.05, 3.63) is 10.6 Å². The van der Waals surface area contributed by atoms with Crippen LogP contribution < -0.4 is 0 Å². The molecule has 86 valence electrons. The normalized spacial score (nSPS) is 14.2. The SMILES string of the molecule is CCCc1n[nH]c(=S)n1C(C)C(C)(C)C. The fourth-order valence-electron chi connectivity index (χ4n) is 1.52. The number of nitrogens with zero attached hydrogens (tertiary/aromatic N) is 2. The predicted octanol–water partition coefficient (Wildman–Crippen LogP) is 3.50. The van der Waals surface area contributed by atoms with Crippen LogP contribution in [0.15, 0.2) is 0 Å². The molecule has 1 rings (SSSR count). The van der Waals surface area contributed by atoms with Crippen molar-refractivity contribution in [2.45, 2.75) is 53.5 Å². The number of aromatic amines is 1. The van der Waals surface area contributed by atoms with Crippen LogP contribution in [0, 0.1) is 10.2 Å². The van der Waals surface area contributed by atoms with E-state index in [9.17, 15) is 0 Å². The summed E-state index contributed by atoms with van der Waals surface area (Å²) >= 11 is 5.28. The first-order chi connectivity index (χ1) is 6.88. The van der Waals surface area contributed by atoms with Crippen LogP contribution in [-0.4, -0.2) is 14.8 Å². The second-order valence-electron chi connectivity index (χ2n) is 5.11. The molecule has 0 fully saturated rings. The number of aryl methyl sites for hydroxylation is 1. The Hall–Kier alpha value is -0.640. The lowest BCUT2D eigenvalue weighted by Gasteiger charge is -2.29. The molecule has 0 spiro atoms. The second kappa shape index (κ2) is 4.47. The van der Waals surface area contributed by atoms with Gasteiger partial charge in [-0.25, -0.2) is 0 Å². The highest BCUT2D eigenvalue weighted by atomic mass is 32.1. The third-order valence-electron chi connectivity index (χ3n) is 2.89. The molecule has 15 heavy (non-hydrogen) atoms. The van der Waals surface area contributed by atoms with Gasteiger partial charge in [0.05, 0.1) is 0 Å². The van der Waals surface area contributed by atoms with Crippen molar-refractivity contribution >= 4 is 12.2 Å². The smallest absolute Gasteiger partial charge is 0.195 e. The minimum atomic E-state index is 0.199. The van der Waals surface area contributed by atoms with Crippen molar-refractivity contribution in [2.75, 3.05) is 0 Å². The van der Waals surface area contributed by atoms with Crippen LogP contribution in [0.2, 0.25) is 0 Å². The Balaban J connectivity index is 3.12. The molecule has 0 amide bonds. The maximum Gasteiger partial charge on any atom is 0.195 e. The molecule has 0 saturated carbocycles. The Labute approximate surface area is 96.9 Å². The summed E-state index contributed by atoms with van der Waals surface area (Å²) in [6, 6.07) is 0.366. The van der Waals surface area contributed by atoms with Crippen molar-refractivity contribution in [3.8, 4) is 0 Å². The molecular formula is C11H21N3S. The van der Waals surface area contributed by atoms with Crippen LogP contribution >= 0.6 is 12.2 Å². The zero-order chi connectivity index (χ0) is 11.6. The van der Waals surface area contributed by atoms with Crippen LogP contribution in [-0.2, 0) is 6.42 Å². The fourth-order valence-corrected chi connectivity index (χ4v) is 1.83. The minimum absolute atomic E-state index is 0.199. The zero-order valence-electron chi connectivity index (χ0n) is 10.3. The lowest BCUT2D eigenvalue weighted by Crippen LogP contribution is -2.23. The highest BCUT2D eigenvalue weighted by Gasteiger charge is 2.24. The number of H-pyrrole nitrogens is 1. The molecule has 4 heteroatoms. The maximum absolute atomic E-state index is 5.28. The van der Waals surface area contributed by atoms with Gasteiger partial charge >= 0.3 is 0 Å². The van der Waals surface area contributed by atoms with Gasteiger partial charge in [0, 0.05) is 12.5 Å². The first-order valence-electron chi connectivity index (χ1n) is 5.53. The lowest BCUT2D eigenvalue weighted by molar-refractivity contribution is 0.255. The number of hydrogen-bond acceptors (Lipinski definition) is 2. The van der Waals surface area contributed by atoms with Gasteiger partial charge in [0.25, 0.3) is 0 Å². The Morgan fingerprint density at radius 1 is 1.47 bits per heavy atom. The summed E-state index contributed by atoms with van der Waals surface area (Å²) in [7, 11) is 0. The maximum atomic E-state index is 5.28. The molecular weight excluding hydrogens is 206 g/mol. The largest absolute Gasteiger partial charge is 0.301 e. The fraction of sp³-hybridized carbons (Fsp3) is 0.818. The highest BCUT2D eigenvalue weighted by Crippen LogP contribution is 2.30. The summed E-state index contributed by atoms with van der Waals surface area (Å²) in [4.78, 5) is 0. The summed E-state index contributed by atoms with van der Waals surface area (Å²) in [6.45, 7) is 11.0. The molecule has 0 aliphatic rings. The molecule has 0 radical (unpaired) electrons. The van der Waals surface area contributed by atoms with E-state index in [2.05, 4.69) is 49.4 Å². The van der Waals surface area contributed by atoms with Gasteiger partial charge in [0.1, 0.15) is 5.82 Å². The molecule has 0 aliphatic heterocycles. The van der Waals surface area contributed by atoms with E-state index < -0.39 is 0 Å². The van der Waals surface area contributed by atoms with Gasteiger partial charge in [-0.05, 0) is 31.0 Å². The number of nitrogens with one attached hydrogen (secondary N) is 1. The molecule has 1 heterocycles. The quantitative estimate of drug-likeness (QED) is 0.802. The molecule has 0 aliphatic carbocycles. The average Bonchev–Trinajstić information content (AvgIpc) is 2.45. The van der Waals surface area contributed by atoms with E-state index in [-0.39, 0.29) is 5.41 Å². The molecule has 1 aromatic rings. The summed E-state index contributed by atoms with van der Waals surface area (Å²) < 4.78 is 2.89. The Morgan fingerprint density at radius 3 is 2.53 bits per heavy atom. The van der Waals surface area contributed by atoms with E-state index in [0.29, 0.717) is 6.04 Å². The molecule has 1 atom stereocenters. The van der Waals surface area contributed by atoms with E-state index in [4.69, 9.17) is 12.2 Å². The summed E-state index contributed by atoms with van der Waals surface area (Å²) in [5.74, 6) is 1.07. The first kappa shape index (κ1) is 12.4. The van der Waals surface area contributed by atoms with E-state index in [1.54, 1.807) is 0 Å². The standard InChI is InChI=1S/C11H21N3S/c1-6-7-9-12-13-10(15)14(9)8(2)11(3,4)5/h8H,6-7H2,1-5H3,(H,13,15). The zero-order valence-corrected chi connectivity index (χ0v) is 11.1. The van der Waals surface area contributed by atoms with Gasteiger partial charge in [0.15, 0.2) is 4.77 Å². The van der Waals surface area contributed by atoms with Crippen LogP contribution in [0.3, 0.4) is 0 Å². The van der Waals surface area contributed by atoms with Crippen molar-refractivity contribution in [2.24, 2.45) is 5.41 Å². The second-order valence-corrected chi connectivity index (χ2v) is 5.49. The van der Waals surface area contributed by atoms with E-state index in [1.165, 1.54) is 0 Å². The Bertz CT molecular complexity index is 370. The van der Waals surface area contributed by atoms with Gasteiger partial charge in [-0.1, -0.05) is 27.7 Å². The number of hydrogen-bond donors (Lipinski definition) is 1. The predicted molar refractivity (Wildman–Crippen MR) is 65.6 cm³/mol. The topological polar surface area (TPSA) is 33.6 Å². The van der Waals surface area contributed by atoms with Crippen LogP contribution in [0.25, 0.3) is 0 Å². The lowest BCUT2D eigenvalue weighted by atomic mass is 9.88. The summed E-state index contributed by atoms with van der Waals surface area (Å²) in [5.41, 5.74) is 0.199. The van der Waals surface area contributed by atoms with Crippen LogP contribution in [0.1, 0.15) is 52.9 Å². The molecule has 1 unspecified atom stereocenters. The molecule has 0 aromatic carbocycles. The molecule has 3 nitrogen and oxygen atoms in total. The number of rotatable bonds is 3. The van der Waals surface area contributed by atoms with Gasteiger partial charge < -0.3 is 4.57 Å². The average molecular weight is 227 g/mol. The highest BCUT2D eigenvalue weighted by molar-refractivity contribution is 7.71. The van der Waals surface area contributed by atoms with E-state index in [1.807, 2.05) is 0 Å². The molecule has 0 saturated heterocycles.